The maximum absolute atomic E-state index is 13.3. The summed E-state index contributed by atoms with van der Waals surface area (Å²) in [5.41, 5.74) is 1.96. The van der Waals surface area contributed by atoms with Crippen LogP contribution in [0.2, 0.25) is 5.02 Å². The topological polar surface area (TPSA) is 58.2 Å². The van der Waals surface area contributed by atoms with Gasteiger partial charge in [0.2, 0.25) is 5.91 Å². The number of nitrogens with one attached hydrogen (secondary N) is 2. The third-order valence-corrected chi connectivity index (χ3v) is 4.73. The molecule has 0 aliphatic rings. The molecule has 0 aliphatic heterocycles. The summed E-state index contributed by atoms with van der Waals surface area (Å²) in [7, 11) is 0. The van der Waals surface area contributed by atoms with Crippen LogP contribution in [0.4, 0.5) is 10.1 Å². The first-order valence-corrected chi connectivity index (χ1v) is 9.54. The van der Waals surface area contributed by atoms with Gasteiger partial charge in [-0.3, -0.25) is 9.59 Å². The highest BCUT2D eigenvalue weighted by atomic mass is 35.5. The van der Waals surface area contributed by atoms with Gasteiger partial charge < -0.3 is 10.6 Å². The molecule has 2 rings (SSSR count). The monoisotopic (exact) mass is 404 g/mol. The van der Waals surface area contributed by atoms with Crippen LogP contribution in [0.3, 0.4) is 0 Å². The van der Waals surface area contributed by atoms with Crippen molar-refractivity contribution in [2.75, 3.05) is 5.32 Å². The Kier molecular flexibility index (Phi) is 6.83. The largest absolute Gasteiger partial charge is 0.340 e. The number of halogens is 2. The van der Waals surface area contributed by atoms with E-state index in [0.717, 1.165) is 5.56 Å². The lowest BCUT2D eigenvalue weighted by Crippen LogP contribution is -2.47. The number of rotatable bonds is 5. The van der Waals surface area contributed by atoms with Gasteiger partial charge in [0.15, 0.2) is 0 Å². The zero-order chi connectivity index (χ0) is 21.1. The minimum absolute atomic E-state index is 0.00814. The summed E-state index contributed by atoms with van der Waals surface area (Å²) in [4.78, 5) is 25.3. The summed E-state index contributed by atoms with van der Waals surface area (Å²) in [6.07, 6.45) is 0. The lowest BCUT2D eigenvalue weighted by Gasteiger charge is -2.22. The zero-order valence-corrected chi connectivity index (χ0v) is 17.5. The molecule has 0 aliphatic carbocycles. The molecule has 2 N–H and O–H groups in total. The average molecular weight is 405 g/mol. The Hall–Kier alpha value is -2.40. The number of anilines is 1. The van der Waals surface area contributed by atoms with Crippen LogP contribution in [0.25, 0.3) is 0 Å². The first-order valence-electron chi connectivity index (χ1n) is 9.16. The summed E-state index contributed by atoms with van der Waals surface area (Å²) in [6.45, 7) is 9.98. The molecule has 1 atom stereocenters. The summed E-state index contributed by atoms with van der Waals surface area (Å²) in [6, 6.07) is 10.5. The van der Waals surface area contributed by atoms with Crippen molar-refractivity contribution in [3.8, 4) is 0 Å². The lowest BCUT2D eigenvalue weighted by molar-refractivity contribution is -0.118. The fourth-order valence-electron chi connectivity index (χ4n) is 2.68. The molecule has 0 bridgehead atoms. The Bertz CT molecular complexity index is 858. The number of amides is 2. The third kappa shape index (κ3) is 5.55. The Labute approximate surface area is 170 Å². The van der Waals surface area contributed by atoms with Crippen molar-refractivity contribution in [3.63, 3.8) is 0 Å². The highest BCUT2D eigenvalue weighted by Crippen LogP contribution is 2.22. The minimum Gasteiger partial charge on any atom is -0.340 e. The molecule has 2 aromatic rings. The molecule has 6 heteroatoms. The first-order chi connectivity index (χ1) is 13.0. The van der Waals surface area contributed by atoms with Gasteiger partial charge in [0.25, 0.3) is 5.91 Å². The molecular formula is C22H26ClFN2O2. The molecule has 28 heavy (non-hydrogen) atoms. The molecule has 0 fully saturated rings. The van der Waals surface area contributed by atoms with Gasteiger partial charge >= 0.3 is 0 Å². The summed E-state index contributed by atoms with van der Waals surface area (Å²) < 4.78 is 13.3. The number of carbonyl (C=O) groups excluding carboxylic acids is 2. The zero-order valence-electron chi connectivity index (χ0n) is 16.8. The molecule has 0 unspecified atom stereocenters. The summed E-state index contributed by atoms with van der Waals surface area (Å²) in [5, 5.41) is 5.37. The molecule has 0 aromatic heterocycles. The van der Waals surface area contributed by atoms with Crippen molar-refractivity contribution in [2.45, 2.75) is 46.1 Å². The molecule has 0 saturated heterocycles. The molecular weight excluding hydrogens is 379 g/mol. The van der Waals surface area contributed by atoms with E-state index >= 15 is 0 Å². The van der Waals surface area contributed by atoms with Crippen molar-refractivity contribution < 1.29 is 14.0 Å². The third-order valence-electron chi connectivity index (χ3n) is 4.44. The number of hydrogen-bond acceptors (Lipinski definition) is 2. The molecule has 0 radical (unpaired) electrons. The van der Waals surface area contributed by atoms with Crippen molar-refractivity contribution >= 4 is 29.1 Å². The van der Waals surface area contributed by atoms with Crippen molar-refractivity contribution in [3.05, 3.63) is 64.4 Å². The van der Waals surface area contributed by atoms with Crippen LogP contribution in [0, 0.1) is 11.7 Å². The SMILES string of the molecule is CC(C)[C@H](NC(=O)c1ccc(C(C)(C)C)cc1)C(=O)Nc1ccc(F)c(Cl)c1. The highest BCUT2D eigenvalue weighted by molar-refractivity contribution is 6.31. The van der Waals surface area contributed by atoms with Crippen LogP contribution >= 0.6 is 11.6 Å². The molecule has 4 nitrogen and oxygen atoms in total. The Morgan fingerprint density at radius 1 is 1.04 bits per heavy atom. The maximum atomic E-state index is 13.3. The van der Waals surface area contributed by atoms with Crippen LogP contribution in [0.5, 0.6) is 0 Å². The van der Waals surface area contributed by atoms with Gasteiger partial charge in [-0.25, -0.2) is 4.39 Å². The van der Waals surface area contributed by atoms with Crippen molar-refractivity contribution in [1.82, 2.24) is 5.32 Å². The van der Waals surface area contributed by atoms with E-state index in [0.29, 0.717) is 11.3 Å². The van der Waals surface area contributed by atoms with E-state index in [1.165, 1.54) is 18.2 Å². The van der Waals surface area contributed by atoms with Crippen LogP contribution in [-0.4, -0.2) is 17.9 Å². The molecule has 0 heterocycles. The van der Waals surface area contributed by atoms with E-state index in [4.69, 9.17) is 11.6 Å². The quantitative estimate of drug-likeness (QED) is 0.722. The smallest absolute Gasteiger partial charge is 0.251 e. The van der Waals surface area contributed by atoms with E-state index in [2.05, 4.69) is 31.4 Å². The summed E-state index contributed by atoms with van der Waals surface area (Å²) in [5.74, 6) is -1.43. The Morgan fingerprint density at radius 2 is 1.64 bits per heavy atom. The van der Waals surface area contributed by atoms with Gasteiger partial charge in [-0.15, -0.1) is 0 Å². The maximum Gasteiger partial charge on any atom is 0.251 e. The highest BCUT2D eigenvalue weighted by Gasteiger charge is 2.25. The van der Waals surface area contributed by atoms with Crippen molar-refractivity contribution in [2.24, 2.45) is 5.92 Å². The van der Waals surface area contributed by atoms with E-state index in [1.807, 2.05) is 26.0 Å². The van der Waals surface area contributed by atoms with Gasteiger partial charge in [-0.1, -0.05) is 58.4 Å². The molecule has 0 saturated carbocycles. The van der Waals surface area contributed by atoms with Gasteiger partial charge in [0, 0.05) is 11.3 Å². The second-order valence-corrected chi connectivity index (χ2v) is 8.55. The predicted octanol–water partition coefficient (Wildman–Crippen LogP) is 5.17. The van der Waals surface area contributed by atoms with Crippen molar-refractivity contribution in [1.29, 1.82) is 0 Å². The minimum atomic E-state index is -0.751. The number of hydrogen-bond donors (Lipinski definition) is 2. The Morgan fingerprint density at radius 3 is 2.14 bits per heavy atom. The van der Waals surface area contributed by atoms with E-state index in [1.54, 1.807) is 12.1 Å². The van der Waals surface area contributed by atoms with Gasteiger partial charge in [-0.05, 0) is 47.2 Å². The van der Waals surface area contributed by atoms with Gasteiger partial charge in [-0.2, -0.15) is 0 Å². The predicted molar refractivity (Wildman–Crippen MR) is 111 cm³/mol. The average Bonchev–Trinajstić information content (AvgIpc) is 2.61. The van der Waals surface area contributed by atoms with Gasteiger partial charge in [0.05, 0.1) is 5.02 Å². The molecule has 2 aromatic carbocycles. The standard InChI is InChI=1S/C22H26ClFN2O2/c1-13(2)19(21(28)25-16-10-11-18(24)17(23)12-16)26-20(27)14-6-8-15(9-7-14)22(3,4)5/h6-13,19H,1-5H3,(H,25,28)(H,26,27)/t19-/m0/s1. The fourth-order valence-corrected chi connectivity index (χ4v) is 2.86. The fraction of sp³-hybridized carbons (Fsp3) is 0.364. The van der Waals surface area contributed by atoms with Crippen LogP contribution < -0.4 is 10.6 Å². The Balaban J connectivity index is 2.11. The van der Waals surface area contributed by atoms with Crippen LogP contribution in [0.1, 0.15) is 50.5 Å². The van der Waals surface area contributed by atoms with E-state index < -0.39 is 17.8 Å². The summed E-state index contributed by atoms with van der Waals surface area (Å²) >= 11 is 5.75. The normalized spacial score (nSPS) is 12.6. The van der Waals surface area contributed by atoms with Gasteiger partial charge in [0.1, 0.15) is 11.9 Å². The number of carbonyl (C=O) groups is 2. The van der Waals surface area contributed by atoms with E-state index in [9.17, 15) is 14.0 Å². The first kappa shape index (κ1) is 21.9. The molecule has 150 valence electrons. The second kappa shape index (κ2) is 8.74. The number of benzene rings is 2. The lowest BCUT2D eigenvalue weighted by atomic mass is 9.86. The molecule has 0 spiro atoms. The van der Waals surface area contributed by atoms with Crippen LogP contribution in [-0.2, 0) is 10.2 Å². The second-order valence-electron chi connectivity index (χ2n) is 8.14. The molecule has 2 amide bonds. The van der Waals surface area contributed by atoms with Crippen LogP contribution in [0.15, 0.2) is 42.5 Å². The van der Waals surface area contributed by atoms with E-state index in [-0.39, 0.29) is 22.3 Å².